The molecule has 152 valence electrons. The highest BCUT2D eigenvalue weighted by molar-refractivity contribution is 6.74. The van der Waals surface area contributed by atoms with E-state index in [1.165, 1.54) is 0 Å². The minimum atomic E-state index is -2.08. The second-order valence-corrected chi connectivity index (χ2v) is 14.2. The van der Waals surface area contributed by atoms with Gasteiger partial charge in [-0.25, -0.2) is 0 Å². The van der Waals surface area contributed by atoms with Crippen LogP contribution in [0.2, 0.25) is 18.1 Å². The molecule has 3 rings (SSSR count). The van der Waals surface area contributed by atoms with Crippen LogP contribution in [0.5, 0.6) is 0 Å². The lowest BCUT2D eigenvalue weighted by molar-refractivity contribution is -0.124. The number of hydrogen-bond donors (Lipinski definition) is 0. The highest BCUT2D eigenvalue weighted by Gasteiger charge is 2.52. The van der Waals surface area contributed by atoms with Crippen LogP contribution >= 0.6 is 0 Å². The first-order chi connectivity index (χ1) is 13.6. The average molecular weight is 407 g/mol. The van der Waals surface area contributed by atoms with Gasteiger partial charge in [-0.05, 0) is 35.3 Å². The van der Waals surface area contributed by atoms with Crippen molar-refractivity contribution in [2.75, 3.05) is 11.5 Å². The summed E-state index contributed by atoms with van der Waals surface area (Å²) >= 11 is 0. The van der Waals surface area contributed by atoms with Crippen LogP contribution in [0.15, 0.2) is 54.6 Å². The standard InChI is InChI=1S/C24H30N2O2Si/c1-23(2,3)29(4,5)28-18-24(15-16-25)20-13-9-10-14-21(20)26(22(24)27)17-19-11-7-6-8-12-19/h6-14H,15,17-18H2,1-5H3. The van der Waals surface area contributed by atoms with Crippen molar-refractivity contribution in [1.29, 1.82) is 5.26 Å². The number of carbonyl (C=O) groups is 1. The third-order valence-electron chi connectivity index (χ3n) is 6.41. The van der Waals surface area contributed by atoms with E-state index in [9.17, 15) is 10.1 Å². The molecule has 1 aliphatic rings. The fraction of sp³-hybridized carbons (Fsp3) is 0.417. The Kier molecular flexibility index (Phi) is 5.71. The normalized spacial score (nSPS) is 19.2. The van der Waals surface area contributed by atoms with Gasteiger partial charge in [0, 0.05) is 5.69 Å². The minimum absolute atomic E-state index is 0.0335. The molecule has 1 atom stereocenters. The molecule has 0 N–H and O–H groups in total. The molecule has 1 unspecified atom stereocenters. The van der Waals surface area contributed by atoms with Crippen LogP contribution in [0.25, 0.3) is 0 Å². The molecule has 0 saturated heterocycles. The van der Waals surface area contributed by atoms with E-state index in [-0.39, 0.29) is 24.0 Å². The highest BCUT2D eigenvalue weighted by atomic mass is 28.4. The Morgan fingerprint density at radius 2 is 1.69 bits per heavy atom. The molecule has 1 aliphatic heterocycles. The summed E-state index contributed by atoms with van der Waals surface area (Å²) in [5.41, 5.74) is 1.90. The van der Waals surface area contributed by atoms with Crippen LogP contribution in [-0.2, 0) is 21.2 Å². The van der Waals surface area contributed by atoms with Gasteiger partial charge in [0.25, 0.3) is 0 Å². The zero-order valence-corrected chi connectivity index (χ0v) is 19.0. The third kappa shape index (κ3) is 3.87. The topological polar surface area (TPSA) is 53.3 Å². The number of anilines is 1. The van der Waals surface area contributed by atoms with E-state index >= 15 is 0 Å². The molecule has 5 heteroatoms. The van der Waals surface area contributed by atoms with Crippen LogP contribution in [0, 0.1) is 11.3 Å². The molecule has 0 fully saturated rings. The van der Waals surface area contributed by atoms with Crippen molar-refractivity contribution < 1.29 is 9.22 Å². The van der Waals surface area contributed by atoms with Crippen molar-refractivity contribution in [3.63, 3.8) is 0 Å². The predicted molar refractivity (Wildman–Crippen MR) is 119 cm³/mol. The minimum Gasteiger partial charge on any atom is -0.415 e. The molecule has 0 radical (unpaired) electrons. The van der Waals surface area contributed by atoms with Crippen molar-refractivity contribution >= 4 is 19.9 Å². The van der Waals surface area contributed by atoms with Crippen LogP contribution < -0.4 is 4.90 Å². The first-order valence-corrected chi connectivity index (χ1v) is 13.0. The van der Waals surface area contributed by atoms with Gasteiger partial charge in [-0.15, -0.1) is 0 Å². The maximum atomic E-state index is 13.8. The summed E-state index contributed by atoms with van der Waals surface area (Å²) in [5, 5.41) is 9.67. The predicted octanol–water partition coefficient (Wildman–Crippen LogP) is 5.41. The Morgan fingerprint density at radius 1 is 1.07 bits per heavy atom. The summed E-state index contributed by atoms with van der Waals surface area (Å²) in [5.74, 6) is -0.0391. The van der Waals surface area contributed by atoms with E-state index in [1.807, 2.05) is 59.5 Å². The average Bonchev–Trinajstić information content (AvgIpc) is 2.90. The van der Waals surface area contributed by atoms with Crippen LogP contribution in [0.1, 0.15) is 38.3 Å². The number of amides is 1. The van der Waals surface area contributed by atoms with Crippen molar-refractivity contribution in [3.8, 4) is 6.07 Å². The summed E-state index contributed by atoms with van der Waals surface area (Å²) in [7, 11) is -2.08. The summed E-state index contributed by atoms with van der Waals surface area (Å²) in [6, 6.07) is 20.1. The fourth-order valence-corrected chi connectivity index (χ4v) is 4.58. The van der Waals surface area contributed by atoms with Gasteiger partial charge in [-0.3, -0.25) is 4.79 Å². The lowest BCUT2D eigenvalue weighted by Gasteiger charge is -2.39. The number of nitrogens with zero attached hydrogens (tertiary/aromatic N) is 2. The maximum absolute atomic E-state index is 13.8. The van der Waals surface area contributed by atoms with E-state index in [4.69, 9.17) is 4.43 Å². The molecule has 2 aromatic rings. The first kappa shape index (κ1) is 21.3. The Hall–Kier alpha value is -2.42. The summed E-state index contributed by atoms with van der Waals surface area (Å²) < 4.78 is 6.50. The number of nitriles is 1. The number of fused-ring (bicyclic) bond motifs is 1. The summed E-state index contributed by atoms with van der Waals surface area (Å²) in [4.78, 5) is 15.6. The van der Waals surface area contributed by atoms with Gasteiger partial charge in [-0.1, -0.05) is 69.3 Å². The van der Waals surface area contributed by atoms with Crippen molar-refractivity contribution in [1.82, 2.24) is 0 Å². The van der Waals surface area contributed by atoms with Crippen LogP contribution in [0.3, 0.4) is 0 Å². The van der Waals surface area contributed by atoms with Gasteiger partial charge in [0.05, 0.1) is 25.6 Å². The molecule has 1 amide bonds. The zero-order chi connectivity index (χ0) is 21.3. The Morgan fingerprint density at radius 3 is 2.31 bits per heavy atom. The Bertz CT molecular complexity index is 928. The number of para-hydroxylation sites is 1. The fourth-order valence-electron chi connectivity index (χ4n) is 3.54. The molecule has 0 aliphatic carbocycles. The van der Waals surface area contributed by atoms with Gasteiger partial charge in [0.15, 0.2) is 8.32 Å². The highest BCUT2D eigenvalue weighted by Crippen LogP contribution is 2.46. The second kappa shape index (κ2) is 7.77. The Balaban J connectivity index is 2.01. The summed E-state index contributed by atoms with van der Waals surface area (Å²) in [6.07, 6.45) is 0.114. The molecular formula is C24H30N2O2Si. The van der Waals surface area contributed by atoms with Crippen LogP contribution in [0.4, 0.5) is 5.69 Å². The van der Waals surface area contributed by atoms with Gasteiger partial charge >= 0.3 is 0 Å². The molecule has 29 heavy (non-hydrogen) atoms. The van der Waals surface area contributed by atoms with Crippen molar-refractivity contribution in [2.24, 2.45) is 0 Å². The molecule has 4 nitrogen and oxygen atoms in total. The lowest BCUT2D eigenvalue weighted by atomic mass is 9.80. The van der Waals surface area contributed by atoms with Crippen LogP contribution in [-0.4, -0.2) is 20.8 Å². The molecule has 0 spiro atoms. The lowest BCUT2D eigenvalue weighted by Crippen LogP contribution is -2.49. The summed E-state index contributed by atoms with van der Waals surface area (Å²) in [6.45, 7) is 11.6. The zero-order valence-electron chi connectivity index (χ0n) is 18.0. The Labute approximate surface area is 175 Å². The SMILES string of the molecule is CC(C)(C)[Si](C)(C)OCC1(CC#N)C(=O)N(Cc2ccccc2)c2ccccc21. The molecule has 0 bridgehead atoms. The number of carbonyl (C=O) groups excluding carboxylic acids is 1. The van der Waals surface area contributed by atoms with Gasteiger partial charge < -0.3 is 9.33 Å². The van der Waals surface area contributed by atoms with Crippen molar-refractivity contribution in [2.45, 2.75) is 57.3 Å². The van der Waals surface area contributed by atoms with E-state index < -0.39 is 13.7 Å². The molecular weight excluding hydrogens is 376 g/mol. The van der Waals surface area contributed by atoms with Gasteiger partial charge in [-0.2, -0.15) is 5.26 Å². The van der Waals surface area contributed by atoms with E-state index in [2.05, 4.69) is 39.9 Å². The van der Waals surface area contributed by atoms with Gasteiger partial charge in [0.1, 0.15) is 5.41 Å². The van der Waals surface area contributed by atoms with E-state index in [1.54, 1.807) is 0 Å². The third-order valence-corrected chi connectivity index (χ3v) is 10.9. The van der Waals surface area contributed by atoms with Gasteiger partial charge in [0.2, 0.25) is 5.91 Å². The van der Waals surface area contributed by atoms with E-state index in [0.717, 1.165) is 16.8 Å². The monoisotopic (exact) mass is 406 g/mol. The van der Waals surface area contributed by atoms with Crippen molar-refractivity contribution in [3.05, 3.63) is 65.7 Å². The molecule has 2 aromatic carbocycles. The number of hydrogen-bond acceptors (Lipinski definition) is 3. The first-order valence-electron chi connectivity index (χ1n) is 10.1. The van der Waals surface area contributed by atoms with E-state index in [0.29, 0.717) is 6.54 Å². The largest absolute Gasteiger partial charge is 0.415 e. The maximum Gasteiger partial charge on any atom is 0.241 e. The molecule has 0 saturated carbocycles. The smallest absolute Gasteiger partial charge is 0.241 e. The second-order valence-electron chi connectivity index (χ2n) is 9.36. The quantitative estimate of drug-likeness (QED) is 0.603. The number of rotatable bonds is 6. The molecule has 0 aromatic heterocycles. The molecule has 1 heterocycles. The number of benzene rings is 2.